The number of aryl methyl sites for hydroxylation is 1. The van der Waals surface area contributed by atoms with Crippen molar-refractivity contribution < 1.29 is 23.9 Å². The Morgan fingerprint density at radius 2 is 2.00 bits per heavy atom. The molecule has 0 aliphatic heterocycles. The Hall–Kier alpha value is -2.45. The molecule has 0 saturated carbocycles. The maximum absolute atomic E-state index is 13.0. The molecule has 8 heteroatoms. The van der Waals surface area contributed by atoms with Crippen LogP contribution in [0.5, 0.6) is 0 Å². The summed E-state index contributed by atoms with van der Waals surface area (Å²) in [5.74, 6) is -0.895. The quantitative estimate of drug-likeness (QED) is 0.372. The van der Waals surface area contributed by atoms with E-state index < -0.39 is 5.97 Å². The highest BCUT2D eigenvalue weighted by Gasteiger charge is 2.26. The summed E-state index contributed by atoms with van der Waals surface area (Å²) in [5.41, 5.74) is 1.84. The van der Waals surface area contributed by atoms with Crippen LogP contribution < -0.4 is 0 Å². The van der Waals surface area contributed by atoms with Crippen molar-refractivity contribution in [1.29, 1.82) is 0 Å². The van der Waals surface area contributed by atoms with Crippen molar-refractivity contribution in [3.63, 3.8) is 0 Å². The number of thiophene rings is 1. The van der Waals surface area contributed by atoms with E-state index in [2.05, 4.69) is 4.98 Å². The lowest BCUT2D eigenvalue weighted by atomic mass is 10.0. The Labute approximate surface area is 168 Å². The number of carbonyl (C=O) groups excluding carboxylic acids is 3. The number of Topliss-reactive ketones (excluding diaryl/α,β-unsaturated/α-hetero) is 1. The number of hydrogen-bond donors (Lipinski definition) is 1. The summed E-state index contributed by atoms with van der Waals surface area (Å²) in [7, 11) is 1.60. The van der Waals surface area contributed by atoms with Gasteiger partial charge < -0.3 is 19.4 Å². The second kappa shape index (κ2) is 10.2. The third-order valence-electron chi connectivity index (χ3n) is 4.33. The van der Waals surface area contributed by atoms with Gasteiger partial charge in [0, 0.05) is 31.5 Å². The van der Waals surface area contributed by atoms with E-state index in [1.807, 2.05) is 5.38 Å². The van der Waals surface area contributed by atoms with Crippen LogP contribution in [0.4, 0.5) is 0 Å². The molecule has 0 bridgehead atoms. The van der Waals surface area contributed by atoms with Gasteiger partial charge in [0.05, 0.1) is 18.0 Å². The van der Waals surface area contributed by atoms with Gasteiger partial charge >= 0.3 is 5.97 Å². The molecule has 2 aromatic rings. The Balaban J connectivity index is 2.23. The fraction of sp³-hybridized carbons (Fsp3) is 0.450. The second-order valence-electron chi connectivity index (χ2n) is 6.32. The van der Waals surface area contributed by atoms with Crippen LogP contribution in [0.25, 0.3) is 0 Å². The zero-order chi connectivity index (χ0) is 20.7. The number of H-pyrrole nitrogens is 1. The molecule has 2 aromatic heterocycles. The molecule has 0 unspecified atom stereocenters. The number of rotatable bonds is 10. The molecule has 1 amide bonds. The number of hydrogen-bond acceptors (Lipinski definition) is 6. The van der Waals surface area contributed by atoms with E-state index in [9.17, 15) is 14.4 Å². The van der Waals surface area contributed by atoms with Crippen LogP contribution in [0, 0.1) is 13.8 Å². The van der Waals surface area contributed by atoms with E-state index in [0.717, 1.165) is 0 Å². The zero-order valence-corrected chi connectivity index (χ0v) is 17.5. The second-order valence-corrected chi connectivity index (χ2v) is 7.27. The van der Waals surface area contributed by atoms with Crippen molar-refractivity contribution in [2.24, 2.45) is 0 Å². The normalized spacial score (nSPS) is 10.7. The molecule has 0 radical (unpaired) electrons. The van der Waals surface area contributed by atoms with Gasteiger partial charge in [-0.05, 0) is 44.2 Å². The molecule has 7 nitrogen and oxygen atoms in total. The summed E-state index contributed by atoms with van der Waals surface area (Å²) in [6, 6.07) is 3.55. The van der Waals surface area contributed by atoms with Crippen molar-refractivity contribution in [3.8, 4) is 0 Å². The molecule has 0 atom stereocenters. The summed E-state index contributed by atoms with van der Waals surface area (Å²) >= 11 is 1.34. The van der Waals surface area contributed by atoms with Crippen LogP contribution in [-0.2, 0) is 9.47 Å². The van der Waals surface area contributed by atoms with Crippen molar-refractivity contribution in [1.82, 2.24) is 9.88 Å². The highest BCUT2D eigenvalue weighted by molar-refractivity contribution is 7.12. The van der Waals surface area contributed by atoms with Crippen molar-refractivity contribution in [2.45, 2.75) is 27.2 Å². The van der Waals surface area contributed by atoms with Gasteiger partial charge in [-0.15, -0.1) is 11.3 Å². The summed E-state index contributed by atoms with van der Waals surface area (Å²) < 4.78 is 10.1. The topological polar surface area (TPSA) is 88.7 Å². The highest BCUT2D eigenvalue weighted by atomic mass is 32.1. The molecule has 2 heterocycles. The number of esters is 1. The van der Waals surface area contributed by atoms with Gasteiger partial charge in [0.25, 0.3) is 5.91 Å². The number of ketones is 1. The summed E-state index contributed by atoms with van der Waals surface area (Å²) in [6.07, 6.45) is 0.625. The van der Waals surface area contributed by atoms with Crippen LogP contribution in [0.3, 0.4) is 0 Å². The Morgan fingerprint density at radius 1 is 1.25 bits per heavy atom. The number of carbonyl (C=O) groups is 3. The highest BCUT2D eigenvalue weighted by Crippen LogP contribution is 2.21. The predicted octanol–water partition coefficient (Wildman–Crippen LogP) is 3.23. The van der Waals surface area contributed by atoms with Gasteiger partial charge in [-0.1, -0.05) is 6.07 Å². The van der Waals surface area contributed by atoms with Crippen LogP contribution in [0.1, 0.15) is 55.1 Å². The molecule has 0 fully saturated rings. The largest absolute Gasteiger partial charge is 0.461 e. The summed E-state index contributed by atoms with van der Waals surface area (Å²) in [4.78, 5) is 42.9. The fourth-order valence-corrected chi connectivity index (χ4v) is 3.73. The van der Waals surface area contributed by atoms with Crippen LogP contribution in [0.15, 0.2) is 17.5 Å². The van der Waals surface area contributed by atoms with Crippen molar-refractivity contribution in [2.75, 3.05) is 33.4 Å². The van der Waals surface area contributed by atoms with E-state index in [4.69, 9.17) is 9.47 Å². The van der Waals surface area contributed by atoms with Gasteiger partial charge in [0.2, 0.25) is 0 Å². The maximum Gasteiger partial charge on any atom is 0.355 e. The first kappa shape index (κ1) is 21.8. The molecular formula is C20H26N2O5S. The lowest BCUT2D eigenvalue weighted by molar-refractivity contribution is 0.0519. The van der Waals surface area contributed by atoms with E-state index in [0.29, 0.717) is 41.3 Å². The Morgan fingerprint density at radius 3 is 2.61 bits per heavy atom. The van der Waals surface area contributed by atoms with Gasteiger partial charge in [-0.2, -0.15) is 0 Å². The van der Waals surface area contributed by atoms with Crippen molar-refractivity contribution >= 4 is 29.0 Å². The fourth-order valence-electron chi connectivity index (χ4n) is 3.04. The molecule has 0 aromatic carbocycles. The van der Waals surface area contributed by atoms with Crippen LogP contribution in [-0.4, -0.2) is 61.0 Å². The molecule has 0 spiro atoms. The third-order valence-corrected chi connectivity index (χ3v) is 5.18. The molecule has 152 valence electrons. The number of nitrogens with one attached hydrogen (secondary N) is 1. The molecule has 28 heavy (non-hydrogen) atoms. The number of aromatic nitrogens is 1. The van der Waals surface area contributed by atoms with Gasteiger partial charge in [-0.25, -0.2) is 4.79 Å². The molecule has 0 aliphatic rings. The molecule has 1 N–H and O–H groups in total. The van der Waals surface area contributed by atoms with Gasteiger partial charge in [0.1, 0.15) is 5.69 Å². The van der Waals surface area contributed by atoms with E-state index in [-0.39, 0.29) is 30.5 Å². The minimum atomic E-state index is -0.492. The summed E-state index contributed by atoms with van der Waals surface area (Å²) in [6.45, 7) is 6.26. The van der Waals surface area contributed by atoms with Gasteiger partial charge in [-0.3, -0.25) is 9.59 Å². The van der Waals surface area contributed by atoms with Gasteiger partial charge in [0.15, 0.2) is 5.78 Å². The number of nitrogens with zero attached hydrogens (tertiary/aromatic N) is 1. The minimum absolute atomic E-state index is 0.0672. The predicted molar refractivity (Wildman–Crippen MR) is 107 cm³/mol. The van der Waals surface area contributed by atoms with E-state index in [1.165, 1.54) is 16.2 Å². The SMILES string of the molecule is CCOC(=O)c1[nH]c(C)c(C(=O)CN(CCCOC)C(=O)c2cccs2)c1C. The molecular weight excluding hydrogens is 380 g/mol. The average Bonchev–Trinajstić information content (AvgIpc) is 3.29. The first-order valence-corrected chi connectivity index (χ1v) is 9.99. The van der Waals surface area contributed by atoms with E-state index >= 15 is 0 Å². The molecule has 2 rings (SSSR count). The minimum Gasteiger partial charge on any atom is -0.461 e. The lowest BCUT2D eigenvalue weighted by Crippen LogP contribution is -2.36. The Kier molecular flexibility index (Phi) is 7.95. The zero-order valence-electron chi connectivity index (χ0n) is 16.7. The number of ether oxygens (including phenoxy) is 2. The third kappa shape index (κ3) is 5.08. The number of aromatic amines is 1. The summed E-state index contributed by atoms with van der Waals surface area (Å²) in [5, 5.41) is 1.83. The maximum atomic E-state index is 13.0. The Bertz CT molecular complexity index is 826. The standard InChI is InChI=1S/C20H26N2O5S/c1-5-27-20(25)18-13(2)17(14(3)21-18)15(23)12-22(9-7-10-26-4)19(24)16-8-6-11-28-16/h6,8,11,21H,5,7,9-10,12H2,1-4H3. The number of methoxy groups -OCH3 is 1. The average molecular weight is 407 g/mol. The smallest absolute Gasteiger partial charge is 0.355 e. The van der Waals surface area contributed by atoms with Crippen LogP contribution in [0.2, 0.25) is 0 Å². The van der Waals surface area contributed by atoms with Crippen molar-refractivity contribution in [3.05, 3.63) is 44.9 Å². The molecule has 0 aliphatic carbocycles. The first-order chi connectivity index (χ1) is 13.4. The number of amides is 1. The first-order valence-electron chi connectivity index (χ1n) is 9.11. The lowest BCUT2D eigenvalue weighted by Gasteiger charge is -2.21. The monoisotopic (exact) mass is 406 g/mol. The van der Waals surface area contributed by atoms with Crippen LogP contribution >= 0.6 is 11.3 Å². The van der Waals surface area contributed by atoms with E-state index in [1.54, 1.807) is 40.0 Å². The molecule has 0 saturated heterocycles.